The van der Waals surface area contributed by atoms with Crippen LogP contribution in [-0.4, -0.2) is 15.3 Å². The number of Topliss-reactive ketones (excluding diaryl/α,β-unsaturated/α-hetero) is 1. The molecule has 25 heavy (non-hydrogen) atoms. The molecule has 0 amide bonds. The van der Waals surface area contributed by atoms with Crippen LogP contribution in [0.25, 0.3) is 5.69 Å². The number of aromatic nitrogens is 2. The van der Waals surface area contributed by atoms with E-state index in [1.54, 1.807) is 42.1 Å². The monoisotopic (exact) mass is 341 g/mol. The molecule has 128 valence electrons. The first kappa shape index (κ1) is 16.8. The van der Waals surface area contributed by atoms with Gasteiger partial charge in [-0.2, -0.15) is 0 Å². The molecule has 0 aliphatic heterocycles. The molecular formula is C19H17F2N3O. The van der Waals surface area contributed by atoms with Crippen molar-refractivity contribution in [3.63, 3.8) is 0 Å². The van der Waals surface area contributed by atoms with E-state index in [0.29, 0.717) is 22.8 Å². The highest BCUT2D eigenvalue weighted by Crippen LogP contribution is 2.22. The Balaban J connectivity index is 1.82. The first-order valence-corrected chi connectivity index (χ1v) is 7.79. The molecule has 4 nitrogen and oxygen atoms in total. The van der Waals surface area contributed by atoms with Gasteiger partial charge in [-0.1, -0.05) is 12.1 Å². The summed E-state index contributed by atoms with van der Waals surface area (Å²) in [5.41, 5.74) is 1.49. The second kappa shape index (κ2) is 6.84. The summed E-state index contributed by atoms with van der Waals surface area (Å²) in [5.74, 6) is -0.630. The first-order valence-electron chi connectivity index (χ1n) is 7.79. The zero-order valence-electron chi connectivity index (χ0n) is 13.9. The lowest BCUT2D eigenvalue weighted by atomic mass is 10.1. The van der Waals surface area contributed by atoms with Crippen LogP contribution in [0, 0.1) is 18.6 Å². The van der Waals surface area contributed by atoms with Crippen LogP contribution in [0.3, 0.4) is 0 Å². The predicted molar refractivity (Wildman–Crippen MR) is 92.0 cm³/mol. The van der Waals surface area contributed by atoms with E-state index in [4.69, 9.17) is 0 Å². The van der Waals surface area contributed by atoms with E-state index in [0.717, 1.165) is 0 Å². The Morgan fingerprint density at radius 1 is 1.20 bits per heavy atom. The minimum Gasteiger partial charge on any atom is -0.380 e. The minimum atomic E-state index is -0.574. The fourth-order valence-corrected chi connectivity index (χ4v) is 2.71. The molecule has 0 unspecified atom stereocenters. The summed E-state index contributed by atoms with van der Waals surface area (Å²) in [6.07, 6.45) is 3.30. The van der Waals surface area contributed by atoms with E-state index >= 15 is 0 Å². The summed E-state index contributed by atoms with van der Waals surface area (Å²) >= 11 is 0. The number of hydrogen-bond acceptors (Lipinski definition) is 3. The third kappa shape index (κ3) is 3.42. The third-order valence-electron chi connectivity index (χ3n) is 3.95. The van der Waals surface area contributed by atoms with Crippen molar-refractivity contribution in [3.8, 4) is 5.69 Å². The van der Waals surface area contributed by atoms with Crippen LogP contribution in [0.4, 0.5) is 14.5 Å². The van der Waals surface area contributed by atoms with Crippen molar-refractivity contribution in [3.05, 3.63) is 77.4 Å². The van der Waals surface area contributed by atoms with Crippen LogP contribution in [-0.2, 0) is 6.54 Å². The Labute approximate surface area is 144 Å². The fraction of sp³-hybridized carbons (Fsp3) is 0.158. The van der Waals surface area contributed by atoms with Crippen LogP contribution >= 0.6 is 0 Å². The smallest absolute Gasteiger partial charge is 0.164 e. The maximum Gasteiger partial charge on any atom is 0.164 e. The zero-order chi connectivity index (χ0) is 18.0. The predicted octanol–water partition coefficient (Wildman–Crippen LogP) is 4.27. The number of carbonyl (C=O) groups excluding carboxylic acids is 1. The molecule has 0 fully saturated rings. The number of hydrogen-bond donors (Lipinski definition) is 1. The van der Waals surface area contributed by atoms with Gasteiger partial charge < -0.3 is 9.88 Å². The van der Waals surface area contributed by atoms with Crippen LogP contribution in [0.2, 0.25) is 0 Å². The van der Waals surface area contributed by atoms with Gasteiger partial charge in [-0.25, -0.2) is 13.8 Å². The van der Waals surface area contributed by atoms with Crippen molar-refractivity contribution in [2.45, 2.75) is 20.4 Å². The van der Waals surface area contributed by atoms with E-state index < -0.39 is 5.82 Å². The maximum absolute atomic E-state index is 14.4. The number of nitrogens with one attached hydrogen (secondary N) is 1. The first-order chi connectivity index (χ1) is 12.0. The highest BCUT2D eigenvalue weighted by atomic mass is 19.1. The van der Waals surface area contributed by atoms with Gasteiger partial charge in [-0.3, -0.25) is 4.79 Å². The molecular weight excluding hydrogens is 324 g/mol. The molecule has 1 aromatic heterocycles. The van der Waals surface area contributed by atoms with Crippen LogP contribution in [0.15, 0.2) is 48.8 Å². The third-order valence-corrected chi connectivity index (χ3v) is 3.95. The number of nitrogens with zero attached hydrogens (tertiary/aromatic N) is 2. The summed E-state index contributed by atoms with van der Waals surface area (Å²) in [6, 6.07) is 9.24. The van der Waals surface area contributed by atoms with Crippen LogP contribution in [0.1, 0.15) is 28.7 Å². The van der Waals surface area contributed by atoms with Gasteiger partial charge in [-0.15, -0.1) is 0 Å². The largest absolute Gasteiger partial charge is 0.380 e. The van der Waals surface area contributed by atoms with Gasteiger partial charge in [-0.05, 0) is 43.7 Å². The standard InChI is InChI=1S/C19H17F2N3O/c1-12(25)19-15(20)4-3-5-17(19)23-11-14-6-7-18(16(21)10-14)24-9-8-22-13(24)2/h3-10,23H,11H2,1-2H3. The lowest BCUT2D eigenvalue weighted by Crippen LogP contribution is -2.08. The number of aryl methyl sites for hydroxylation is 1. The Hall–Kier alpha value is -3.02. The van der Waals surface area contributed by atoms with Gasteiger partial charge in [0.15, 0.2) is 5.78 Å². The van der Waals surface area contributed by atoms with E-state index in [-0.39, 0.29) is 23.7 Å². The van der Waals surface area contributed by atoms with Crippen molar-refractivity contribution >= 4 is 11.5 Å². The van der Waals surface area contributed by atoms with E-state index in [9.17, 15) is 13.6 Å². The molecule has 3 rings (SSSR count). The summed E-state index contributed by atoms with van der Waals surface area (Å²) in [6.45, 7) is 3.37. The van der Waals surface area contributed by atoms with E-state index in [1.807, 2.05) is 0 Å². The quantitative estimate of drug-likeness (QED) is 0.705. The molecule has 0 atom stereocenters. The number of benzene rings is 2. The van der Waals surface area contributed by atoms with Crippen LogP contribution in [0.5, 0.6) is 0 Å². The normalized spacial score (nSPS) is 10.7. The van der Waals surface area contributed by atoms with Crippen LogP contribution < -0.4 is 5.32 Å². The molecule has 0 bridgehead atoms. The van der Waals surface area contributed by atoms with E-state index in [2.05, 4.69) is 10.3 Å². The van der Waals surface area contributed by atoms with Gasteiger partial charge in [0.1, 0.15) is 17.5 Å². The minimum absolute atomic E-state index is 0.00799. The molecule has 0 radical (unpaired) electrons. The highest BCUT2D eigenvalue weighted by Gasteiger charge is 2.13. The summed E-state index contributed by atoms with van der Waals surface area (Å²) in [5, 5.41) is 3.00. The Morgan fingerprint density at radius 2 is 2.00 bits per heavy atom. The second-order valence-corrected chi connectivity index (χ2v) is 5.70. The van der Waals surface area contributed by atoms with E-state index in [1.165, 1.54) is 25.1 Å². The summed E-state index contributed by atoms with van der Waals surface area (Å²) in [7, 11) is 0. The molecule has 1 heterocycles. The number of ketones is 1. The number of rotatable bonds is 5. The number of halogens is 2. The lowest BCUT2D eigenvalue weighted by molar-refractivity contribution is 0.101. The Bertz CT molecular complexity index is 934. The molecule has 0 aliphatic carbocycles. The van der Waals surface area contributed by atoms with Crippen molar-refractivity contribution in [2.75, 3.05) is 5.32 Å². The lowest BCUT2D eigenvalue weighted by Gasteiger charge is -2.12. The average molecular weight is 341 g/mol. The van der Waals surface area contributed by atoms with Crippen molar-refractivity contribution in [1.29, 1.82) is 0 Å². The molecule has 1 N–H and O–H groups in total. The number of anilines is 1. The average Bonchev–Trinajstić information content (AvgIpc) is 2.98. The van der Waals surface area contributed by atoms with Gasteiger partial charge >= 0.3 is 0 Å². The van der Waals surface area contributed by atoms with Gasteiger partial charge in [0.05, 0.1) is 11.3 Å². The maximum atomic E-state index is 14.4. The van der Waals surface area contributed by atoms with Gasteiger partial charge in [0, 0.05) is 24.6 Å². The molecule has 3 aromatic rings. The molecule has 2 aromatic carbocycles. The molecule has 6 heteroatoms. The number of imidazole rings is 1. The zero-order valence-corrected chi connectivity index (χ0v) is 13.9. The molecule has 0 spiro atoms. The SMILES string of the molecule is CC(=O)c1c(F)cccc1NCc1ccc(-n2ccnc2C)c(F)c1. The summed E-state index contributed by atoms with van der Waals surface area (Å²) < 4.78 is 29.9. The highest BCUT2D eigenvalue weighted by molar-refractivity contribution is 5.99. The van der Waals surface area contributed by atoms with Crippen molar-refractivity contribution in [2.24, 2.45) is 0 Å². The molecule has 0 saturated heterocycles. The second-order valence-electron chi connectivity index (χ2n) is 5.70. The Kier molecular flexibility index (Phi) is 4.61. The molecule has 0 saturated carbocycles. The molecule has 0 aliphatic rings. The Morgan fingerprint density at radius 3 is 2.64 bits per heavy atom. The fourth-order valence-electron chi connectivity index (χ4n) is 2.71. The summed E-state index contributed by atoms with van der Waals surface area (Å²) in [4.78, 5) is 15.7. The van der Waals surface area contributed by atoms with Crippen molar-refractivity contribution in [1.82, 2.24) is 9.55 Å². The van der Waals surface area contributed by atoms with Gasteiger partial charge in [0.2, 0.25) is 0 Å². The van der Waals surface area contributed by atoms with Gasteiger partial charge in [0.25, 0.3) is 0 Å². The van der Waals surface area contributed by atoms with Crippen molar-refractivity contribution < 1.29 is 13.6 Å². The topological polar surface area (TPSA) is 46.9 Å². The number of carbonyl (C=O) groups is 1.